The first kappa shape index (κ1) is 15.3. The lowest BCUT2D eigenvalue weighted by Gasteiger charge is -2.08. The second-order valence-corrected chi connectivity index (χ2v) is 5.84. The minimum Gasteiger partial charge on any atom is -0.493 e. The highest BCUT2D eigenvalue weighted by Crippen LogP contribution is 2.30. The minimum absolute atomic E-state index is 0.146. The molecule has 0 fully saturated rings. The van der Waals surface area contributed by atoms with E-state index in [-0.39, 0.29) is 5.91 Å². The van der Waals surface area contributed by atoms with Crippen LogP contribution in [0.4, 0.5) is 0 Å². The van der Waals surface area contributed by atoms with Crippen LogP contribution in [0.25, 0.3) is 11.1 Å². The maximum Gasteiger partial charge on any atom is 0.252 e. The molecule has 1 aliphatic heterocycles. The van der Waals surface area contributed by atoms with Crippen molar-refractivity contribution in [3.63, 3.8) is 0 Å². The van der Waals surface area contributed by atoms with Crippen molar-refractivity contribution in [1.82, 2.24) is 25.1 Å². The maximum absolute atomic E-state index is 12.3. The van der Waals surface area contributed by atoms with Gasteiger partial charge in [-0.05, 0) is 29.3 Å². The molecule has 0 saturated carbocycles. The Morgan fingerprint density at radius 2 is 2.04 bits per heavy atom. The van der Waals surface area contributed by atoms with Crippen LogP contribution < -0.4 is 10.1 Å². The number of rotatable bonds is 5. The number of nitrogens with zero attached hydrogens (tertiary/aromatic N) is 4. The standard InChI is InChI=1S/C18H17N5O2/c24-18(20-4-5-23-11-21-22-12-23)16-8-15(9-19-10-16)13-1-2-17-14(7-13)3-6-25-17/h1-2,7-12H,3-6H2,(H,20,24). The average Bonchev–Trinajstić information content (AvgIpc) is 3.32. The number of fused-ring (bicyclic) bond motifs is 1. The fourth-order valence-electron chi connectivity index (χ4n) is 2.83. The van der Waals surface area contributed by atoms with Crippen LogP contribution in [0.3, 0.4) is 0 Å². The molecule has 3 heterocycles. The van der Waals surface area contributed by atoms with Crippen LogP contribution >= 0.6 is 0 Å². The highest BCUT2D eigenvalue weighted by molar-refractivity contribution is 5.95. The molecule has 4 rings (SSSR count). The topological polar surface area (TPSA) is 81.9 Å². The Morgan fingerprint density at radius 3 is 2.92 bits per heavy atom. The zero-order chi connectivity index (χ0) is 17.1. The van der Waals surface area contributed by atoms with Crippen LogP contribution in [0, 0.1) is 0 Å². The van der Waals surface area contributed by atoms with E-state index in [0.29, 0.717) is 18.7 Å². The molecule has 3 aromatic rings. The van der Waals surface area contributed by atoms with Crippen molar-refractivity contribution in [3.8, 4) is 16.9 Å². The van der Waals surface area contributed by atoms with Crippen molar-refractivity contribution in [3.05, 3.63) is 60.4 Å². The summed E-state index contributed by atoms with van der Waals surface area (Å²) in [6.45, 7) is 1.85. The highest BCUT2D eigenvalue weighted by atomic mass is 16.5. The van der Waals surface area contributed by atoms with E-state index < -0.39 is 0 Å². The van der Waals surface area contributed by atoms with Crippen molar-refractivity contribution >= 4 is 5.91 Å². The molecule has 1 aliphatic rings. The van der Waals surface area contributed by atoms with Crippen LogP contribution in [0.1, 0.15) is 15.9 Å². The summed E-state index contributed by atoms with van der Waals surface area (Å²) in [5, 5.41) is 10.3. The molecule has 0 saturated heterocycles. The van der Waals surface area contributed by atoms with E-state index in [2.05, 4.69) is 26.6 Å². The van der Waals surface area contributed by atoms with Crippen molar-refractivity contribution in [2.75, 3.05) is 13.2 Å². The molecule has 2 aromatic heterocycles. The summed E-state index contributed by atoms with van der Waals surface area (Å²) in [5.74, 6) is 0.798. The number of benzene rings is 1. The molecular formula is C18H17N5O2. The van der Waals surface area contributed by atoms with E-state index in [0.717, 1.165) is 29.9 Å². The van der Waals surface area contributed by atoms with Gasteiger partial charge in [-0.2, -0.15) is 0 Å². The Bertz CT molecular complexity index is 892. The van der Waals surface area contributed by atoms with Gasteiger partial charge < -0.3 is 14.6 Å². The summed E-state index contributed by atoms with van der Waals surface area (Å²) in [7, 11) is 0. The zero-order valence-corrected chi connectivity index (χ0v) is 13.6. The molecule has 0 aliphatic carbocycles. The predicted octanol–water partition coefficient (Wildman–Crippen LogP) is 1.70. The molecule has 126 valence electrons. The molecule has 1 aromatic carbocycles. The predicted molar refractivity (Wildman–Crippen MR) is 91.2 cm³/mol. The van der Waals surface area contributed by atoms with Crippen molar-refractivity contribution in [2.24, 2.45) is 0 Å². The summed E-state index contributed by atoms with van der Waals surface area (Å²) in [6, 6.07) is 7.93. The van der Waals surface area contributed by atoms with E-state index in [4.69, 9.17) is 4.74 Å². The lowest BCUT2D eigenvalue weighted by Crippen LogP contribution is -2.27. The third-order valence-corrected chi connectivity index (χ3v) is 4.15. The van der Waals surface area contributed by atoms with Gasteiger partial charge in [0.15, 0.2) is 0 Å². The van der Waals surface area contributed by atoms with Crippen LogP contribution in [-0.2, 0) is 13.0 Å². The number of amides is 1. The Labute approximate surface area is 144 Å². The van der Waals surface area contributed by atoms with Gasteiger partial charge in [-0.15, -0.1) is 10.2 Å². The number of pyridine rings is 1. The first-order valence-corrected chi connectivity index (χ1v) is 8.11. The fraction of sp³-hybridized carbons (Fsp3) is 0.222. The summed E-state index contributed by atoms with van der Waals surface area (Å²) in [4.78, 5) is 16.5. The molecule has 0 bridgehead atoms. The number of carbonyl (C=O) groups is 1. The summed E-state index contributed by atoms with van der Waals surface area (Å²) < 4.78 is 7.34. The highest BCUT2D eigenvalue weighted by Gasteiger charge is 2.14. The van der Waals surface area contributed by atoms with Gasteiger partial charge in [0.05, 0.1) is 12.2 Å². The van der Waals surface area contributed by atoms with Gasteiger partial charge in [-0.1, -0.05) is 6.07 Å². The molecule has 0 unspecified atom stereocenters. The van der Waals surface area contributed by atoms with Gasteiger partial charge in [0.25, 0.3) is 5.91 Å². The number of nitrogens with one attached hydrogen (secondary N) is 1. The van der Waals surface area contributed by atoms with E-state index in [1.165, 1.54) is 5.56 Å². The molecular weight excluding hydrogens is 318 g/mol. The van der Waals surface area contributed by atoms with Crippen LogP contribution in [0.5, 0.6) is 5.75 Å². The van der Waals surface area contributed by atoms with Crippen LogP contribution in [-0.4, -0.2) is 38.8 Å². The average molecular weight is 335 g/mol. The number of aromatic nitrogens is 4. The lowest BCUT2D eigenvalue weighted by molar-refractivity contribution is 0.0952. The Hall–Kier alpha value is -3.22. The largest absolute Gasteiger partial charge is 0.493 e. The second-order valence-electron chi connectivity index (χ2n) is 5.84. The third kappa shape index (κ3) is 3.35. The number of carbonyl (C=O) groups excluding carboxylic acids is 1. The van der Waals surface area contributed by atoms with E-state index in [1.807, 2.05) is 22.8 Å². The third-order valence-electron chi connectivity index (χ3n) is 4.15. The first-order chi connectivity index (χ1) is 12.3. The number of hydrogen-bond acceptors (Lipinski definition) is 5. The van der Waals surface area contributed by atoms with Crippen LogP contribution in [0.15, 0.2) is 49.3 Å². The molecule has 0 atom stereocenters. The summed E-state index contributed by atoms with van der Waals surface area (Å²) in [6.07, 6.45) is 7.50. The van der Waals surface area contributed by atoms with Gasteiger partial charge in [0.2, 0.25) is 0 Å². The molecule has 0 spiro atoms. The SMILES string of the molecule is O=C(NCCn1cnnc1)c1cncc(-c2ccc3c(c2)CCO3)c1. The smallest absolute Gasteiger partial charge is 0.252 e. The quantitative estimate of drug-likeness (QED) is 0.767. The van der Waals surface area contributed by atoms with Crippen molar-refractivity contribution in [2.45, 2.75) is 13.0 Å². The Morgan fingerprint density at radius 1 is 1.16 bits per heavy atom. The molecule has 7 nitrogen and oxygen atoms in total. The van der Waals surface area contributed by atoms with E-state index >= 15 is 0 Å². The van der Waals surface area contributed by atoms with E-state index in [1.54, 1.807) is 25.0 Å². The van der Waals surface area contributed by atoms with Gasteiger partial charge in [0, 0.05) is 37.5 Å². The second kappa shape index (κ2) is 6.72. The van der Waals surface area contributed by atoms with Gasteiger partial charge >= 0.3 is 0 Å². The summed E-state index contributed by atoms with van der Waals surface area (Å²) in [5.41, 5.74) is 3.69. The maximum atomic E-state index is 12.3. The molecule has 0 radical (unpaired) electrons. The van der Waals surface area contributed by atoms with Gasteiger partial charge in [-0.25, -0.2) is 0 Å². The van der Waals surface area contributed by atoms with Gasteiger partial charge in [-0.3, -0.25) is 9.78 Å². The van der Waals surface area contributed by atoms with Crippen molar-refractivity contribution in [1.29, 1.82) is 0 Å². The van der Waals surface area contributed by atoms with Crippen molar-refractivity contribution < 1.29 is 9.53 Å². The zero-order valence-electron chi connectivity index (χ0n) is 13.6. The van der Waals surface area contributed by atoms with Crippen LogP contribution in [0.2, 0.25) is 0 Å². The molecule has 1 N–H and O–H groups in total. The Kier molecular flexibility index (Phi) is 4.12. The van der Waals surface area contributed by atoms with E-state index in [9.17, 15) is 4.79 Å². The molecule has 25 heavy (non-hydrogen) atoms. The Balaban J connectivity index is 1.46. The normalized spacial score (nSPS) is 12.5. The monoisotopic (exact) mass is 335 g/mol. The fourth-order valence-corrected chi connectivity index (χ4v) is 2.83. The number of hydrogen-bond donors (Lipinski definition) is 1. The minimum atomic E-state index is -0.146. The summed E-state index contributed by atoms with van der Waals surface area (Å²) >= 11 is 0. The first-order valence-electron chi connectivity index (χ1n) is 8.11. The number of ether oxygens (including phenoxy) is 1. The lowest BCUT2D eigenvalue weighted by atomic mass is 10.0. The molecule has 1 amide bonds. The van der Waals surface area contributed by atoms with Gasteiger partial charge in [0.1, 0.15) is 18.4 Å². The molecule has 7 heteroatoms.